The quantitative estimate of drug-likeness (QED) is 0.701. The van der Waals surface area contributed by atoms with Crippen molar-refractivity contribution in [2.45, 2.75) is 37.3 Å². The first-order valence-electron chi connectivity index (χ1n) is 7.71. The van der Waals surface area contributed by atoms with Crippen molar-refractivity contribution >= 4 is 15.9 Å². The zero-order valence-corrected chi connectivity index (χ0v) is 13.6. The Morgan fingerprint density at radius 1 is 0.952 bits per heavy atom. The van der Waals surface area contributed by atoms with Crippen molar-refractivity contribution in [3.05, 3.63) is 70.3 Å². The summed E-state index contributed by atoms with van der Waals surface area (Å²) >= 11 is 3.97. The Kier molecular flexibility index (Phi) is 3.60. The van der Waals surface area contributed by atoms with Gasteiger partial charge in [-0.1, -0.05) is 58.4 Å². The molecule has 0 N–H and O–H groups in total. The summed E-state index contributed by atoms with van der Waals surface area (Å²) < 4.78 is 5.53. The zero-order chi connectivity index (χ0) is 14.2. The molecule has 1 aliphatic heterocycles. The minimum Gasteiger partial charge on any atom is -0.372 e. The summed E-state index contributed by atoms with van der Waals surface area (Å²) in [5.74, 6) is 0.681. The van der Waals surface area contributed by atoms with Crippen molar-refractivity contribution in [3.8, 4) is 0 Å². The van der Waals surface area contributed by atoms with Crippen LogP contribution in [0.1, 0.15) is 39.1 Å². The monoisotopic (exact) mass is 342 g/mol. The topological polar surface area (TPSA) is 9.23 Å². The van der Waals surface area contributed by atoms with Crippen molar-refractivity contribution in [2.24, 2.45) is 5.92 Å². The maximum atomic E-state index is 5.53. The standard InChI is InChI=1S/C19H19BrO/c20-19(16-7-8-17-11-21-12-18(17)10-16)15-6-5-13-3-1-2-4-14(13)9-15/h1-4,7-8,10,15,19H,5-6,9,11-12H2. The molecule has 0 radical (unpaired) electrons. The summed E-state index contributed by atoms with van der Waals surface area (Å²) in [5.41, 5.74) is 7.20. The molecule has 1 aliphatic carbocycles. The van der Waals surface area contributed by atoms with Crippen molar-refractivity contribution in [3.63, 3.8) is 0 Å². The van der Waals surface area contributed by atoms with Gasteiger partial charge >= 0.3 is 0 Å². The zero-order valence-electron chi connectivity index (χ0n) is 12.0. The third-order valence-electron chi connectivity index (χ3n) is 4.86. The molecule has 21 heavy (non-hydrogen) atoms. The van der Waals surface area contributed by atoms with E-state index < -0.39 is 0 Å². The Labute approximate surface area is 134 Å². The summed E-state index contributed by atoms with van der Waals surface area (Å²) in [4.78, 5) is 0.441. The Morgan fingerprint density at radius 2 is 1.76 bits per heavy atom. The molecule has 0 spiro atoms. The van der Waals surface area contributed by atoms with Gasteiger partial charge in [0.2, 0.25) is 0 Å². The Bertz CT molecular complexity index is 664. The molecular formula is C19H19BrO. The summed E-state index contributed by atoms with van der Waals surface area (Å²) in [6, 6.07) is 15.7. The molecule has 108 valence electrons. The minimum atomic E-state index is 0.441. The Hall–Kier alpha value is -1.12. The highest BCUT2D eigenvalue weighted by atomic mass is 79.9. The molecule has 2 aromatic rings. The first-order chi connectivity index (χ1) is 10.3. The van der Waals surface area contributed by atoms with Crippen LogP contribution >= 0.6 is 15.9 Å². The molecule has 1 nitrogen and oxygen atoms in total. The molecule has 0 amide bonds. The molecule has 2 atom stereocenters. The maximum absolute atomic E-state index is 5.53. The summed E-state index contributed by atoms with van der Waals surface area (Å²) in [6.07, 6.45) is 3.65. The van der Waals surface area contributed by atoms with Gasteiger partial charge in [0.15, 0.2) is 0 Å². The van der Waals surface area contributed by atoms with E-state index in [0.29, 0.717) is 10.7 Å². The van der Waals surface area contributed by atoms with Gasteiger partial charge in [-0.2, -0.15) is 0 Å². The second-order valence-electron chi connectivity index (χ2n) is 6.19. The van der Waals surface area contributed by atoms with E-state index >= 15 is 0 Å². The van der Waals surface area contributed by atoms with E-state index in [9.17, 15) is 0 Å². The van der Waals surface area contributed by atoms with Crippen molar-refractivity contribution < 1.29 is 4.74 Å². The number of benzene rings is 2. The van der Waals surface area contributed by atoms with E-state index in [4.69, 9.17) is 4.74 Å². The van der Waals surface area contributed by atoms with Crippen LogP contribution in [0.25, 0.3) is 0 Å². The summed E-state index contributed by atoms with van der Waals surface area (Å²) in [7, 11) is 0. The normalized spacial score (nSPS) is 21.7. The van der Waals surface area contributed by atoms with Crippen LogP contribution in [0.4, 0.5) is 0 Å². The van der Waals surface area contributed by atoms with Gasteiger partial charge < -0.3 is 4.74 Å². The van der Waals surface area contributed by atoms with Gasteiger partial charge in [-0.3, -0.25) is 0 Å². The predicted molar refractivity (Wildman–Crippen MR) is 88.6 cm³/mol. The number of rotatable bonds is 2. The van der Waals surface area contributed by atoms with Crippen LogP contribution in [0.3, 0.4) is 0 Å². The average molecular weight is 343 g/mol. The van der Waals surface area contributed by atoms with Gasteiger partial charge in [0.1, 0.15) is 0 Å². The maximum Gasteiger partial charge on any atom is 0.0725 e. The number of hydrogen-bond acceptors (Lipinski definition) is 1. The number of alkyl halides is 1. The molecule has 0 bridgehead atoms. The van der Waals surface area contributed by atoms with E-state index in [0.717, 1.165) is 13.2 Å². The molecule has 2 heteroatoms. The van der Waals surface area contributed by atoms with Crippen LogP contribution in [0.15, 0.2) is 42.5 Å². The number of aryl methyl sites for hydroxylation is 1. The van der Waals surface area contributed by atoms with E-state index in [1.165, 1.54) is 47.1 Å². The van der Waals surface area contributed by atoms with E-state index in [1.54, 1.807) is 0 Å². The lowest BCUT2D eigenvalue weighted by Crippen LogP contribution is -2.18. The van der Waals surface area contributed by atoms with E-state index in [2.05, 4.69) is 58.4 Å². The Balaban J connectivity index is 1.57. The van der Waals surface area contributed by atoms with Gasteiger partial charge in [0, 0.05) is 4.83 Å². The number of hydrogen-bond donors (Lipinski definition) is 0. The third kappa shape index (κ3) is 2.56. The predicted octanol–water partition coefficient (Wildman–Crippen LogP) is 4.96. The van der Waals surface area contributed by atoms with Crippen LogP contribution in [0.5, 0.6) is 0 Å². The largest absolute Gasteiger partial charge is 0.372 e. The number of ether oxygens (including phenoxy) is 1. The van der Waals surface area contributed by atoms with Gasteiger partial charge in [0.05, 0.1) is 13.2 Å². The molecule has 0 fully saturated rings. The minimum absolute atomic E-state index is 0.441. The molecule has 0 saturated carbocycles. The second kappa shape index (κ2) is 5.58. The molecule has 2 aromatic carbocycles. The van der Waals surface area contributed by atoms with Crippen molar-refractivity contribution in [2.75, 3.05) is 0 Å². The SMILES string of the molecule is BrC(c1ccc2c(c1)COC2)C1CCc2ccccc2C1. The molecule has 0 aromatic heterocycles. The highest BCUT2D eigenvalue weighted by Crippen LogP contribution is 2.40. The fourth-order valence-corrected chi connectivity index (χ4v) is 4.35. The van der Waals surface area contributed by atoms with E-state index in [1.807, 2.05) is 0 Å². The Morgan fingerprint density at radius 3 is 2.67 bits per heavy atom. The highest BCUT2D eigenvalue weighted by molar-refractivity contribution is 9.09. The van der Waals surface area contributed by atoms with Gasteiger partial charge in [-0.25, -0.2) is 0 Å². The van der Waals surface area contributed by atoms with Gasteiger partial charge in [-0.15, -0.1) is 0 Å². The van der Waals surface area contributed by atoms with Gasteiger partial charge in [-0.05, 0) is 53.0 Å². The van der Waals surface area contributed by atoms with Crippen LogP contribution < -0.4 is 0 Å². The number of fused-ring (bicyclic) bond motifs is 2. The fraction of sp³-hybridized carbons (Fsp3) is 0.368. The summed E-state index contributed by atoms with van der Waals surface area (Å²) in [5, 5.41) is 0. The summed E-state index contributed by atoms with van der Waals surface area (Å²) in [6.45, 7) is 1.55. The first kappa shape index (κ1) is 13.5. The smallest absolute Gasteiger partial charge is 0.0725 e. The third-order valence-corrected chi connectivity index (χ3v) is 6.14. The first-order valence-corrected chi connectivity index (χ1v) is 8.63. The lowest BCUT2D eigenvalue weighted by atomic mass is 9.80. The van der Waals surface area contributed by atoms with E-state index in [-0.39, 0.29) is 0 Å². The lowest BCUT2D eigenvalue weighted by Gasteiger charge is -2.29. The van der Waals surface area contributed by atoms with Crippen LogP contribution in [0.2, 0.25) is 0 Å². The lowest BCUT2D eigenvalue weighted by molar-refractivity contribution is 0.134. The van der Waals surface area contributed by atoms with Crippen molar-refractivity contribution in [1.29, 1.82) is 0 Å². The molecule has 4 rings (SSSR count). The fourth-order valence-electron chi connectivity index (χ4n) is 3.61. The molecule has 2 aliphatic rings. The van der Waals surface area contributed by atoms with Gasteiger partial charge in [0.25, 0.3) is 0 Å². The number of halogens is 1. The molecule has 0 saturated heterocycles. The second-order valence-corrected chi connectivity index (χ2v) is 7.18. The molecule has 2 unspecified atom stereocenters. The average Bonchev–Trinajstić information content (AvgIpc) is 3.01. The highest BCUT2D eigenvalue weighted by Gasteiger charge is 2.26. The molecule has 1 heterocycles. The molecular weight excluding hydrogens is 324 g/mol. The van der Waals surface area contributed by atoms with Crippen LogP contribution in [-0.4, -0.2) is 0 Å². The van der Waals surface area contributed by atoms with Crippen LogP contribution in [0, 0.1) is 5.92 Å². The van der Waals surface area contributed by atoms with Crippen LogP contribution in [-0.2, 0) is 30.8 Å². The van der Waals surface area contributed by atoms with Crippen molar-refractivity contribution in [1.82, 2.24) is 0 Å².